The Hall–Kier alpha value is -3.55. The van der Waals surface area contributed by atoms with Gasteiger partial charge in [-0.2, -0.15) is 4.80 Å². The fourth-order valence-corrected chi connectivity index (χ4v) is 2.73. The number of nitrogens with zero attached hydrogens (tertiary/aromatic N) is 4. The van der Waals surface area contributed by atoms with Crippen molar-refractivity contribution in [3.8, 4) is 11.4 Å². The van der Waals surface area contributed by atoms with Gasteiger partial charge in [-0.05, 0) is 37.1 Å². The Morgan fingerprint density at radius 2 is 1.86 bits per heavy atom. The van der Waals surface area contributed by atoms with Crippen LogP contribution in [0.2, 0.25) is 0 Å². The van der Waals surface area contributed by atoms with Crippen LogP contribution in [0.3, 0.4) is 0 Å². The van der Waals surface area contributed by atoms with Crippen LogP contribution >= 0.6 is 0 Å². The lowest BCUT2D eigenvalue weighted by Gasteiger charge is -2.10. The first-order chi connectivity index (χ1) is 13.6. The molecule has 28 heavy (non-hydrogen) atoms. The van der Waals surface area contributed by atoms with Crippen molar-refractivity contribution in [1.82, 2.24) is 25.5 Å². The molecule has 1 aliphatic rings. The first kappa shape index (κ1) is 17.8. The highest BCUT2D eigenvalue weighted by Gasteiger charge is 2.25. The maximum absolute atomic E-state index is 12.4. The monoisotopic (exact) mass is 376 g/mol. The second-order valence-electron chi connectivity index (χ2n) is 6.85. The summed E-state index contributed by atoms with van der Waals surface area (Å²) < 4.78 is 0. The largest absolute Gasteiger partial charge is 0.349 e. The molecule has 0 radical (unpaired) electrons. The number of aromatic nitrogens is 4. The quantitative estimate of drug-likeness (QED) is 0.687. The average Bonchev–Trinajstić information content (AvgIpc) is 3.38. The van der Waals surface area contributed by atoms with E-state index in [2.05, 4.69) is 26.0 Å². The number of para-hydroxylation sites is 1. The maximum Gasteiger partial charge on any atom is 0.253 e. The number of carbonyl (C=O) groups excluding carboxylic acids is 2. The Kier molecular flexibility index (Phi) is 4.84. The van der Waals surface area contributed by atoms with Gasteiger partial charge in [0.05, 0.1) is 11.3 Å². The predicted molar refractivity (Wildman–Crippen MR) is 104 cm³/mol. The smallest absolute Gasteiger partial charge is 0.253 e. The zero-order valence-corrected chi connectivity index (χ0v) is 15.4. The molecular weight excluding hydrogens is 356 g/mol. The third kappa shape index (κ3) is 4.22. The lowest BCUT2D eigenvalue weighted by atomic mass is 10.1. The second kappa shape index (κ2) is 7.59. The van der Waals surface area contributed by atoms with Gasteiger partial charge in [-0.25, -0.2) is 0 Å². The van der Waals surface area contributed by atoms with Crippen molar-refractivity contribution in [2.75, 3.05) is 5.32 Å². The molecule has 0 spiro atoms. The number of anilines is 1. The van der Waals surface area contributed by atoms with Gasteiger partial charge in [0.2, 0.25) is 11.7 Å². The van der Waals surface area contributed by atoms with Crippen LogP contribution in [0.1, 0.15) is 28.8 Å². The zero-order valence-electron chi connectivity index (χ0n) is 15.4. The van der Waals surface area contributed by atoms with Crippen LogP contribution < -0.4 is 10.6 Å². The van der Waals surface area contributed by atoms with Crippen LogP contribution in [0.15, 0.2) is 48.5 Å². The van der Waals surface area contributed by atoms with Gasteiger partial charge in [0, 0.05) is 11.6 Å². The Labute approximate surface area is 162 Å². The summed E-state index contributed by atoms with van der Waals surface area (Å²) in [6.45, 7) is 1.90. The molecule has 1 fully saturated rings. The van der Waals surface area contributed by atoms with Gasteiger partial charge < -0.3 is 10.6 Å². The van der Waals surface area contributed by atoms with E-state index in [1.807, 2.05) is 31.2 Å². The van der Waals surface area contributed by atoms with Crippen LogP contribution in [-0.4, -0.2) is 38.1 Å². The van der Waals surface area contributed by atoms with Gasteiger partial charge in [0.25, 0.3) is 5.91 Å². The molecule has 1 aromatic heterocycles. The zero-order chi connectivity index (χ0) is 19.5. The van der Waals surface area contributed by atoms with Crippen molar-refractivity contribution >= 4 is 17.5 Å². The van der Waals surface area contributed by atoms with Crippen molar-refractivity contribution in [3.05, 3.63) is 59.7 Å². The maximum atomic E-state index is 12.4. The third-order valence-electron chi connectivity index (χ3n) is 4.41. The summed E-state index contributed by atoms with van der Waals surface area (Å²) >= 11 is 0. The van der Waals surface area contributed by atoms with Crippen LogP contribution in [0.4, 0.5) is 5.69 Å². The molecule has 0 saturated heterocycles. The van der Waals surface area contributed by atoms with E-state index in [0.29, 0.717) is 17.1 Å². The van der Waals surface area contributed by atoms with Gasteiger partial charge >= 0.3 is 0 Å². The molecule has 0 aliphatic heterocycles. The standard InChI is InChI=1S/C20H20N6O2/c1-13-6-8-14(9-7-13)19-23-25-26(24-19)12-18(27)22-17-5-3-2-4-16(17)20(28)21-15-10-11-15/h2-9,15H,10-12H2,1H3,(H,21,28)(H,22,27). The fourth-order valence-electron chi connectivity index (χ4n) is 2.73. The van der Waals surface area contributed by atoms with Crippen LogP contribution in [0.25, 0.3) is 11.4 Å². The fraction of sp³-hybridized carbons (Fsp3) is 0.250. The van der Waals surface area contributed by atoms with Crippen molar-refractivity contribution in [1.29, 1.82) is 0 Å². The molecule has 3 aromatic rings. The summed E-state index contributed by atoms with van der Waals surface area (Å²) in [4.78, 5) is 26.0. The first-order valence-electron chi connectivity index (χ1n) is 9.13. The van der Waals surface area contributed by atoms with E-state index in [-0.39, 0.29) is 24.4 Å². The Balaban J connectivity index is 1.42. The van der Waals surface area contributed by atoms with Crippen LogP contribution in [-0.2, 0) is 11.3 Å². The first-order valence-corrected chi connectivity index (χ1v) is 9.13. The SMILES string of the molecule is Cc1ccc(-c2nnn(CC(=O)Nc3ccccc3C(=O)NC3CC3)n2)cc1. The Morgan fingerprint density at radius 1 is 1.11 bits per heavy atom. The second-order valence-corrected chi connectivity index (χ2v) is 6.85. The van der Waals surface area contributed by atoms with Crippen LogP contribution in [0.5, 0.6) is 0 Å². The van der Waals surface area contributed by atoms with E-state index in [9.17, 15) is 9.59 Å². The summed E-state index contributed by atoms with van der Waals surface area (Å²) in [5.74, 6) is -0.0597. The molecule has 8 nitrogen and oxygen atoms in total. The van der Waals surface area contributed by atoms with Crippen LogP contribution in [0, 0.1) is 6.92 Å². The number of carbonyl (C=O) groups is 2. The molecule has 0 unspecified atom stereocenters. The Bertz CT molecular complexity index is 1010. The molecule has 1 saturated carbocycles. The third-order valence-corrected chi connectivity index (χ3v) is 4.41. The summed E-state index contributed by atoms with van der Waals surface area (Å²) in [6, 6.07) is 14.9. The van der Waals surface area contributed by atoms with Gasteiger partial charge in [-0.15, -0.1) is 10.2 Å². The molecule has 2 amide bonds. The molecule has 4 rings (SSSR count). The number of hydrogen-bond acceptors (Lipinski definition) is 5. The minimum absolute atomic E-state index is 0.0998. The highest BCUT2D eigenvalue weighted by Crippen LogP contribution is 2.21. The summed E-state index contributed by atoms with van der Waals surface area (Å²) in [5, 5.41) is 17.9. The number of tetrazole rings is 1. The van der Waals surface area contributed by atoms with E-state index >= 15 is 0 Å². The summed E-state index contributed by atoms with van der Waals surface area (Å²) in [5.41, 5.74) is 2.87. The van der Waals surface area contributed by atoms with Crippen molar-refractivity contribution in [2.45, 2.75) is 32.4 Å². The lowest BCUT2D eigenvalue weighted by molar-refractivity contribution is -0.117. The minimum atomic E-state index is -0.334. The molecule has 8 heteroatoms. The van der Waals surface area contributed by atoms with Gasteiger partial charge in [0.15, 0.2) is 0 Å². The molecule has 1 heterocycles. The predicted octanol–water partition coefficient (Wildman–Crippen LogP) is 2.18. The molecule has 0 atom stereocenters. The molecular formula is C20H20N6O2. The average molecular weight is 376 g/mol. The van der Waals surface area contributed by atoms with Gasteiger partial charge in [-0.1, -0.05) is 42.0 Å². The van der Waals surface area contributed by atoms with Crippen molar-refractivity contribution in [3.63, 3.8) is 0 Å². The topological polar surface area (TPSA) is 102 Å². The summed E-state index contributed by atoms with van der Waals surface area (Å²) in [7, 11) is 0. The molecule has 0 bridgehead atoms. The van der Waals surface area contributed by atoms with E-state index in [1.54, 1.807) is 24.3 Å². The highest BCUT2D eigenvalue weighted by atomic mass is 16.2. The van der Waals surface area contributed by atoms with E-state index < -0.39 is 0 Å². The molecule has 1 aliphatic carbocycles. The number of nitrogens with one attached hydrogen (secondary N) is 2. The van der Waals surface area contributed by atoms with Crippen molar-refractivity contribution < 1.29 is 9.59 Å². The number of hydrogen-bond donors (Lipinski definition) is 2. The molecule has 2 N–H and O–H groups in total. The number of amides is 2. The molecule has 142 valence electrons. The van der Waals surface area contributed by atoms with E-state index in [1.165, 1.54) is 4.80 Å². The number of aryl methyl sites for hydroxylation is 1. The Morgan fingerprint density at radius 3 is 2.61 bits per heavy atom. The normalized spacial score (nSPS) is 13.2. The highest BCUT2D eigenvalue weighted by molar-refractivity contribution is 6.03. The van der Waals surface area contributed by atoms with E-state index in [4.69, 9.17) is 0 Å². The van der Waals surface area contributed by atoms with E-state index in [0.717, 1.165) is 24.0 Å². The van der Waals surface area contributed by atoms with Crippen molar-refractivity contribution in [2.24, 2.45) is 0 Å². The molecule has 2 aromatic carbocycles. The lowest BCUT2D eigenvalue weighted by Crippen LogP contribution is -2.27. The minimum Gasteiger partial charge on any atom is -0.349 e. The summed E-state index contributed by atoms with van der Waals surface area (Å²) in [6.07, 6.45) is 2.00. The number of benzene rings is 2. The number of rotatable bonds is 6. The van der Waals surface area contributed by atoms with Gasteiger partial charge in [0.1, 0.15) is 6.54 Å². The van der Waals surface area contributed by atoms with Gasteiger partial charge in [-0.3, -0.25) is 9.59 Å².